The highest BCUT2D eigenvalue weighted by atomic mass is 127. The van der Waals surface area contributed by atoms with E-state index in [-0.39, 0.29) is 6.61 Å². The summed E-state index contributed by atoms with van der Waals surface area (Å²) in [5, 5.41) is 14.8. The van der Waals surface area contributed by atoms with Crippen molar-refractivity contribution in [3.05, 3.63) is 27.5 Å². The number of aliphatic hydroxyl groups excluding tert-OH is 1. The number of halogens is 1. The lowest BCUT2D eigenvalue weighted by molar-refractivity contribution is 0.0809. The van der Waals surface area contributed by atoms with E-state index in [2.05, 4.69) is 53.4 Å². The van der Waals surface area contributed by atoms with Gasteiger partial charge in [0.05, 0.1) is 17.8 Å². The Bertz CT molecular complexity index is 593. The summed E-state index contributed by atoms with van der Waals surface area (Å²) in [6, 6.07) is 7.26. The van der Waals surface area contributed by atoms with Crippen LogP contribution in [-0.4, -0.2) is 29.6 Å². The number of aliphatic hydroxyl groups is 1. The van der Waals surface area contributed by atoms with Gasteiger partial charge in [0.15, 0.2) is 0 Å². The lowest BCUT2D eigenvalue weighted by atomic mass is 10.2. The molecular weight excluding hydrogens is 383 g/mol. The van der Waals surface area contributed by atoms with Gasteiger partial charge in [-0.15, -0.1) is 0 Å². The molecule has 2 rings (SSSR count). The van der Waals surface area contributed by atoms with Crippen molar-refractivity contribution >= 4 is 41.6 Å². The van der Waals surface area contributed by atoms with Crippen LogP contribution in [0.15, 0.2) is 18.2 Å². The van der Waals surface area contributed by atoms with Crippen molar-refractivity contribution < 1.29 is 9.84 Å². The highest BCUT2D eigenvalue weighted by Gasteiger charge is 2.13. The quantitative estimate of drug-likeness (QED) is 0.456. The molecular formula is C14H21IN2O2Si. The lowest BCUT2D eigenvalue weighted by Gasteiger charge is -2.15. The van der Waals surface area contributed by atoms with Crippen LogP contribution in [0.25, 0.3) is 10.9 Å². The molecule has 6 heteroatoms. The second-order valence-electron chi connectivity index (χ2n) is 6.11. The summed E-state index contributed by atoms with van der Waals surface area (Å²) in [6.07, 6.45) is 0. The smallest absolute Gasteiger partial charge is 0.140 e. The summed E-state index contributed by atoms with van der Waals surface area (Å²) in [5.74, 6) is 0. The van der Waals surface area contributed by atoms with Gasteiger partial charge in [-0.05, 0) is 46.8 Å². The van der Waals surface area contributed by atoms with E-state index in [1.807, 2.05) is 16.8 Å². The molecule has 0 aliphatic carbocycles. The minimum absolute atomic E-state index is 0.0427. The Labute approximate surface area is 134 Å². The molecule has 0 spiro atoms. The van der Waals surface area contributed by atoms with Gasteiger partial charge in [0, 0.05) is 23.6 Å². The van der Waals surface area contributed by atoms with Gasteiger partial charge in [-0.25, -0.2) is 4.68 Å². The molecule has 20 heavy (non-hydrogen) atoms. The van der Waals surface area contributed by atoms with Gasteiger partial charge in [0.1, 0.15) is 6.73 Å². The zero-order valence-electron chi connectivity index (χ0n) is 12.2. The molecule has 1 aromatic heterocycles. The molecule has 0 aliphatic heterocycles. The van der Waals surface area contributed by atoms with E-state index in [1.165, 1.54) is 0 Å². The molecule has 2 aromatic rings. The van der Waals surface area contributed by atoms with E-state index < -0.39 is 8.07 Å². The SMILES string of the molecule is C[Si](C)(C)CCOCn1nc(CO)c2ccc(I)cc21. The van der Waals surface area contributed by atoms with E-state index in [9.17, 15) is 5.11 Å². The molecule has 0 saturated carbocycles. The molecule has 0 saturated heterocycles. The minimum atomic E-state index is -1.06. The Morgan fingerprint density at radius 2 is 2.10 bits per heavy atom. The first-order chi connectivity index (χ1) is 9.40. The molecule has 1 heterocycles. The fraction of sp³-hybridized carbons (Fsp3) is 0.500. The molecule has 1 aromatic carbocycles. The second-order valence-corrected chi connectivity index (χ2v) is 13.0. The van der Waals surface area contributed by atoms with Gasteiger partial charge in [-0.2, -0.15) is 5.10 Å². The third-order valence-corrected chi connectivity index (χ3v) is 5.53. The van der Waals surface area contributed by atoms with Crippen LogP contribution in [0, 0.1) is 3.57 Å². The summed E-state index contributed by atoms with van der Waals surface area (Å²) in [6.45, 7) is 8.19. The third kappa shape index (κ3) is 4.03. The Morgan fingerprint density at radius 1 is 1.35 bits per heavy atom. The molecule has 0 atom stereocenters. The van der Waals surface area contributed by atoms with E-state index >= 15 is 0 Å². The summed E-state index contributed by atoms with van der Waals surface area (Å²) in [5.41, 5.74) is 1.74. The van der Waals surface area contributed by atoms with Crippen LogP contribution in [-0.2, 0) is 18.1 Å². The van der Waals surface area contributed by atoms with Gasteiger partial charge in [-0.1, -0.05) is 19.6 Å². The average molecular weight is 404 g/mol. The summed E-state index contributed by atoms with van der Waals surface area (Å²) in [4.78, 5) is 0. The van der Waals surface area contributed by atoms with Crippen LogP contribution in [0.1, 0.15) is 5.69 Å². The Kier molecular flexibility index (Phi) is 5.22. The van der Waals surface area contributed by atoms with Crippen molar-refractivity contribution in [2.75, 3.05) is 6.61 Å². The number of hydrogen-bond acceptors (Lipinski definition) is 3. The first kappa shape index (κ1) is 15.9. The molecule has 0 amide bonds. The maximum atomic E-state index is 9.38. The standard InChI is InChI=1S/C14H21IN2O2Si/c1-20(2,3)7-6-19-10-17-14-8-11(15)4-5-12(14)13(9-18)16-17/h4-5,8,18H,6-7,9-10H2,1-3H3. The summed E-state index contributed by atoms with van der Waals surface area (Å²) >= 11 is 2.28. The van der Waals surface area contributed by atoms with Crippen LogP contribution in [0.2, 0.25) is 25.7 Å². The van der Waals surface area contributed by atoms with Crippen LogP contribution in [0.5, 0.6) is 0 Å². The maximum absolute atomic E-state index is 9.38. The average Bonchev–Trinajstić information content (AvgIpc) is 2.71. The van der Waals surface area contributed by atoms with Crippen LogP contribution >= 0.6 is 22.6 Å². The number of benzene rings is 1. The Balaban J connectivity index is 2.11. The fourth-order valence-electron chi connectivity index (χ4n) is 1.96. The molecule has 0 bridgehead atoms. The predicted octanol–water partition coefficient (Wildman–Crippen LogP) is 3.45. The number of hydrogen-bond donors (Lipinski definition) is 1. The van der Waals surface area contributed by atoms with Crippen LogP contribution in [0.4, 0.5) is 0 Å². The summed E-state index contributed by atoms with van der Waals surface area (Å²) in [7, 11) is -1.06. The first-order valence-electron chi connectivity index (χ1n) is 6.74. The number of fused-ring (bicyclic) bond motifs is 1. The van der Waals surface area contributed by atoms with E-state index in [0.29, 0.717) is 12.4 Å². The van der Waals surface area contributed by atoms with E-state index in [1.54, 1.807) is 0 Å². The Hall–Kier alpha value is -0.443. The van der Waals surface area contributed by atoms with Gasteiger partial charge >= 0.3 is 0 Å². The highest BCUT2D eigenvalue weighted by Crippen LogP contribution is 2.21. The van der Waals surface area contributed by atoms with Crippen molar-refractivity contribution in [2.24, 2.45) is 0 Å². The number of ether oxygens (including phenoxy) is 1. The number of aromatic nitrogens is 2. The van der Waals surface area contributed by atoms with Crippen molar-refractivity contribution in [1.29, 1.82) is 0 Å². The number of nitrogens with zero attached hydrogens (tertiary/aromatic N) is 2. The molecule has 1 N–H and O–H groups in total. The fourth-order valence-corrected chi connectivity index (χ4v) is 3.19. The normalized spacial score (nSPS) is 12.2. The predicted molar refractivity (Wildman–Crippen MR) is 92.5 cm³/mol. The lowest BCUT2D eigenvalue weighted by Crippen LogP contribution is -2.22. The summed E-state index contributed by atoms with van der Waals surface area (Å²) < 4.78 is 8.75. The largest absolute Gasteiger partial charge is 0.390 e. The highest BCUT2D eigenvalue weighted by molar-refractivity contribution is 14.1. The van der Waals surface area contributed by atoms with Crippen molar-refractivity contribution in [3.63, 3.8) is 0 Å². The second kappa shape index (κ2) is 6.55. The molecule has 0 radical (unpaired) electrons. The minimum Gasteiger partial charge on any atom is -0.390 e. The Morgan fingerprint density at radius 3 is 2.75 bits per heavy atom. The molecule has 110 valence electrons. The monoisotopic (exact) mass is 404 g/mol. The molecule has 0 unspecified atom stereocenters. The first-order valence-corrected chi connectivity index (χ1v) is 11.5. The van der Waals surface area contributed by atoms with Crippen molar-refractivity contribution in [2.45, 2.75) is 39.0 Å². The van der Waals surface area contributed by atoms with Crippen LogP contribution in [0.3, 0.4) is 0 Å². The van der Waals surface area contributed by atoms with E-state index in [0.717, 1.165) is 27.1 Å². The van der Waals surface area contributed by atoms with Gasteiger partial charge in [-0.3, -0.25) is 0 Å². The maximum Gasteiger partial charge on any atom is 0.140 e. The van der Waals surface area contributed by atoms with Crippen molar-refractivity contribution in [3.8, 4) is 0 Å². The van der Waals surface area contributed by atoms with E-state index in [4.69, 9.17) is 4.74 Å². The van der Waals surface area contributed by atoms with Crippen molar-refractivity contribution in [1.82, 2.24) is 9.78 Å². The third-order valence-electron chi connectivity index (χ3n) is 3.15. The van der Waals surface area contributed by atoms with Gasteiger partial charge < -0.3 is 9.84 Å². The zero-order valence-corrected chi connectivity index (χ0v) is 15.3. The zero-order chi connectivity index (χ0) is 14.8. The van der Waals surface area contributed by atoms with Gasteiger partial charge in [0.2, 0.25) is 0 Å². The molecule has 0 aliphatic rings. The number of rotatable bonds is 6. The molecule has 0 fully saturated rings. The molecule has 4 nitrogen and oxygen atoms in total. The van der Waals surface area contributed by atoms with Gasteiger partial charge in [0.25, 0.3) is 0 Å². The van der Waals surface area contributed by atoms with Crippen LogP contribution < -0.4 is 0 Å². The topological polar surface area (TPSA) is 47.3 Å².